The second-order valence-electron chi connectivity index (χ2n) is 3.66. The number of thioether (sulfide) groups is 1. The largest absolute Gasteiger partial charge is 0.398 e. The Morgan fingerprint density at radius 1 is 1.33 bits per heavy atom. The van der Waals surface area contributed by atoms with Crippen LogP contribution in [0.3, 0.4) is 0 Å². The molecule has 0 aromatic heterocycles. The number of piperazine rings is 1. The van der Waals surface area contributed by atoms with E-state index in [0.29, 0.717) is 0 Å². The Bertz CT molecular complexity index is 335. The lowest BCUT2D eigenvalue weighted by Gasteiger charge is -2.29. The van der Waals surface area contributed by atoms with Crippen LogP contribution >= 0.6 is 11.8 Å². The highest BCUT2D eigenvalue weighted by Gasteiger charge is 2.11. The van der Waals surface area contributed by atoms with Crippen molar-refractivity contribution in [3.8, 4) is 0 Å². The number of nitrogens with two attached hydrogens (primary N) is 1. The summed E-state index contributed by atoms with van der Waals surface area (Å²) in [6.45, 7) is 4.30. The van der Waals surface area contributed by atoms with Crippen molar-refractivity contribution in [1.29, 1.82) is 0 Å². The highest BCUT2D eigenvalue weighted by atomic mass is 32.2. The Balaban J connectivity index is 2.20. The molecule has 1 fully saturated rings. The van der Waals surface area contributed by atoms with E-state index in [1.807, 2.05) is 6.07 Å². The maximum Gasteiger partial charge on any atom is 0.0453 e. The smallest absolute Gasteiger partial charge is 0.0453 e. The van der Waals surface area contributed by atoms with Crippen LogP contribution in [-0.2, 0) is 0 Å². The summed E-state index contributed by atoms with van der Waals surface area (Å²) in [5, 5.41) is 3.35. The fraction of sp³-hybridized carbons (Fsp3) is 0.455. The van der Waals surface area contributed by atoms with Gasteiger partial charge in [0, 0.05) is 42.4 Å². The minimum absolute atomic E-state index is 0.876. The predicted octanol–water partition coefficient (Wildman–Crippen LogP) is 1.40. The first-order valence-corrected chi connectivity index (χ1v) is 6.43. The molecule has 1 aliphatic rings. The molecule has 3 nitrogen and oxygen atoms in total. The van der Waals surface area contributed by atoms with Crippen molar-refractivity contribution < 1.29 is 0 Å². The summed E-state index contributed by atoms with van der Waals surface area (Å²) < 4.78 is 0. The van der Waals surface area contributed by atoms with Crippen LogP contribution in [0.15, 0.2) is 23.1 Å². The zero-order valence-corrected chi connectivity index (χ0v) is 9.81. The van der Waals surface area contributed by atoms with Gasteiger partial charge in [-0.3, -0.25) is 0 Å². The third kappa shape index (κ3) is 2.38. The van der Waals surface area contributed by atoms with Crippen molar-refractivity contribution in [2.45, 2.75) is 4.90 Å². The van der Waals surface area contributed by atoms with E-state index >= 15 is 0 Å². The fourth-order valence-corrected chi connectivity index (χ4v) is 2.36. The van der Waals surface area contributed by atoms with Crippen molar-refractivity contribution in [1.82, 2.24) is 5.32 Å². The Morgan fingerprint density at radius 2 is 2.07 bits per heavy atom. The molecule has 0 aliphatic carbocycles. The molecule has 1 aromatic rings. The molecule has 0 amide bonds. The summed E-state index contributed by atoms with van der Waals surface area (Å²) in [5.74, 6) is 0. The van der Waals surface area contributed by atoms with E-state index in [0.717, 1.165) is 31.9 Å². The molecule has 0 unspecified atom stereocenters. The third-order valence-electron chi connectivity index (χ3n) is 2.70. The van der Waals surface area contributed by atoms with E-state index in [1.165, 1.54) is 10.6 Å². The summed E-state index contributed by atoms with van der Waals surface area (Å²) in [7, 11) is 0. The van der Waals surface area contributed by atoms with Gasteiger partial charge in [-0.25, -0.2) is 0 Å². The van der Waals surface area contributed by atoms with E-state index < -0.39 is 0 Å². The highest BCUT2D eigenvalue weighted by Crippen LogP contribution is 2.28. The number of benzene rings is 1. The Labute approximate surface area is 95.0 Å². The molecule has 0 spiro atoms. The lowest BCUT2D eigenvalue weighted by molar-refractivity contribution is 0.589. The van der Waals surface area contributed by atoms with E-state index in [-0.39, 0.29) is 0 Å². The molecule has 0 radical (unpaired) electrons. The lowest BCUT2D eigenvalue weighted by atomic mass is 10.2. The van der Waals surface area contributed by atoms with Gasteiger partial charge in [0.05, 0.1) is 0 Å². The van der Waals surface area contributed by atoms with Crippen LogP contribution in [0.2, 0.25) is 0 Å². The maximum absolute atomic E-state index is 5.88. The highest BCUT2D eigenvalue weighted by molar-refractivity contribution is 7.98. The van der Waals surface area contributed by atoms with Gasteiger partial charge < -0.3 is 16.0 Å². The number of hydrogen-bond acceptors (Lipinski definition) is 4. The number of hydrogen-bond donors (Lipinski definition) is 2. The molecular formula is C11H17N3S. The van der Waals surface area contributed by atoms with Gasteiger partial charge in [0.1, 0.15) is 0 Å². The average molecular weight is 223 g/mol. The van der Waals surface area contributed by atoms with Crippen molar-refractivity contribution in [2.75, 3.05) is 43.1 Å². The molecule has 1 aliphatic heterocycles. The molecule has 15 heavy (non-hydrogen) atoms. The van der Waals surface area contributed by atoms with Crippen LogP contribution in [0.4, 0.5) is 11.4 Å². The number of nitrogens with zero attached hydrogens (tertiary/aromatic N) is 1. The van der Waals surface area contributed by atoms with Crippen molar-refractivity contribution in [2.24, 2.45) is 0 Å². The Morgan fingerprint density at radius 3 is 2.73 bits per heavy atom. The maximum atomic E-state index is 5.88. The SMILES string of the molecule is CSc1cc(N2CCNCC2)ccc1N. The summed E-state index contributed by atoms with van der Waals surface area (Å²) in [6, 6.07) is 6.30. The molecule has 1 heterocycles. The molecule has 2 rings (SSSR count). The van der Waals surface area contributed by atoms with E-state index in [1.54, 1.807) is 11.8 Å². The van der Waals surface area contributed by atoms with Gasteiger partial charge in [0.15, 0.2) is 0 Å². The summed E-state index contributed by atoms with van der Waals surface area (Å²) in [5.41, 5.74) is 8.04. The van der Waals surface area contributed by atoms with Crippen LogP contribution in [0.25, 0.3) is 0 Å². The number of nitrogen functional groups attached to an aromatic ring is 1. The molecular weight excluding hydrogens is 206 g/mol. The molecule has 0 bridgehead atoms. The standard InChI is InChI=1S/C11H17N3S/c1-15-11-8-9(2-3-10(11)12)14-6-4-13-5-7-14/h2-3,8,13H,4-7,12H2,1H3. The molecule has 0 saturated carbocycles. The summed E-state index contributed by atoms with van der Waals surface area (Å²) in [6.07, 6.45) is 2.06. The number of rotatable bonds is 2. The molecule has 1 saturated heterocycles. The van der Waals surface area contributed by atoms with Gasteiger partial charge in [0.2, 0.25) is 0 Å². The second kappa shape index (κ2) is 4.77. The molecule has 4 heteroatoms. The molecule has 1 aromatic carbocycles. The van der Waals surface area contributed by atoms with Crippen LogP contribution in [0.1, 0.15) is 0 Å². The lowest BCUT2D eigenvalue weighted by Crippen LogP contribution is -2.43. The topological polar surface area (TPSA) is 41.3 Å². The zero-order chi connectivity index (χ0) is 10.7. The fourth-order valence-electron chi connectivity index (χ4n) is 1.82. The van der Waals surface area contributed by atoms with Crippen molar-refractivity contribution >= 4 is 23.1 Å². The molecule has 0 atom stereocenters. The van der Waals surface area contributed by atoms with E-state index in [4.69, 9.17) is 5.73 Å². The van der Waals surface area contributed by atoms with Gasteiger partial charge in [-0.15, -0.1) is 11.8 Å². The zero-order valence-electron chi connectivity index (χ0n) is 8.99. The first kappa shape index (κ1) is 10.6. The molecule has 82 valence electrons. The summed E-state index contributed by atoms with van der Waals surface area (Å²) >= 11 is 1.71. The quantitative estimate of drug-likeness (QED) is 0.587. The van der Waals surface area contributed by atoms with E-state index in [2.05, 4.69) is 28.6 Å². The summed E-state index contributed by atoms with van der Waals surface area (Å²) in [4.78, 5) is 3.57. The average Bonchev–Trinajstić information content (AvgIpc) is 2.31. The van der Waals surface area contributed by atoms with Crippen molar-refractivity contribution in [3.63, 3.8) is 0 Å². The Kier molecular flexibility index (Phi) is 3.38. The number of nitrogens with one attached hydrogen (secondary N) is 1. The van der Waals surface area contributed by atoms with Gasteiger partial charge in [-0.05, 0) is 24.5 Å². The predicted molar refractivity (Wildman–Crippen MR) is 67.7 cm³/mol. The van der Waals surface area contributed by atoms with Gasteiger partial charge in [-0.2, -0.15) is 0 Å². The normalized spacial score (nSPS) is 16.7. The minimum Gasteiger partial charge on any atom is -0.398 e. The van der Waals surface area contributed by atoms with Crippen LogP contribution < -0.4 is 16.0 Å². The molecule has 3 N–H and O–H groups in total. The van der Waals surface area contributed by atoms with Crippen LogP contribution in [-0.4, -0.2) is 32.4 Å². The van der Waals surface area contributed by atoms with Crippen LogP contribution in [0, 0.1) is 0 Å². The Hall–Kier alpha value is -0.870. The van der Waals surface area contributed by atoms with Gasteiger partial charge in [-0.1, -0.05) is 0 Å². The minimum atomic E-state index is 0.876. The van der Waals surface area contributed by atoms with Gasteiger partial charge in [0.25, 0.3) is 0 Å². The van der Waals surface area contributed by atoms with E-state index in [9.17, 15) is 0 Å². The second-order valence-corrected chi connectivity index (χ2v) is 4.51. The third-order valence-corrected chi connectivity index (χ3v) is 3.49. The van der Waals surface area contributed by atoms with Crippen LogP contribution in [0.5, 0.6) is 0 Å². The number of anilines is 2. The van der Waals surface area contributed by atoms with Crippen molar-refractivity contribution in [3.05, 3.63) is 18.2 Å². The van der Waals surface area contributed by atoms with Gasteiger partial charge >= 0.3 is 0 Å². The monoisotopic (exact) mass is 223 g/mol. The first-order valence-electron chi connectivity index (χ1n) is 5.20. The first-order chi connectivity index (χ1) is 7.31.